The fraction of sp³-hybridized carbons (Fsp3) is 0.500. The summed E-state index contributed by atoms with van der Waals surface area (Å²) in [5.74, 6) is 0. The van der Waals surface area contributed by atoms with Crippen molar-refractivity contribution >= 4 is 11.7 Å². The third kappa shape index (κ3) is 5.28. The number of aliphatic hydroxyl groups is 1. The summed E-state index contributed by atoms with van der Waals surface area (Å²) in [4.78, 5) is 11.9. The molecule has 106 valence electrons. The highest BCUT2D eigenvalue weighted by Gasteiger charge is 2.11. The van der Waals surface area contributed by atoms with E-state index in [0.717, 1.165) is 17.7 Å². The average molecular weight is 266 g/mol. The maximum absolute atomic E-state index is 11.9. The molecule has 2 amide bonds. The zero-order valence-corrected chi connectivity index (χ0v) is 11.5. The Balaban J connectivity index is 2.61. The van der Waals surface area contributed by atoms with Gasteiger partial charge in [-0.2, -0.15) is 0 Å². The van der Waals surface area contributed by atoms with Crippen molar-refractivity contribution in [2.24, 2.45) is 0 Å². The smallest absolute Gasteiger partial charge is 0.319 e. The lowest BCUT2D eigenvalue weighted by Gasteiger charge is -2.17. The lowest BCUT2D eigenvalue weighted by molar-refractivity contribution is 0.185. The SMILES string of the molecule is CCC(CCO)NC(=O)Nc1ccccc1COC. The van der Waals surface area contributed by atoms with Crippen LogP contribution in [0.3, 0.4) is 0 Å². The first-order chi connectivity index (χ1) is 9.21. The van der Waals surface area contributed by atoms with Crippen LogP contribution < -0.4 is 10.6 Å². The Morgan fingerprint density at radius 3 is 2.79 bits per heavy atom. The molecular weight excluding hydrogens is 244 g/mol. The molecule has 1 aromatic rings. The van der Waals surface area contributed by atoms with Gasteiger partial charge in [-0.3, -0.25) is 0 Å². The number of hydrogen-bond acceptors (Lipinski definition) is 3. The van der Waals surface area contributed by atoms with Crippen molar-refractivity contribution in [3.05, 3.63) is 29.8 Å². The second kappa shape index (κ2) is 8.50. The van der Waals surface area contributed by atoms with Gasteiger partial charge in [-0.05, 0) is 18.9 Å². The van der Waals surface area contributed by atoms with Gasteiger partial charge in [0.05, 0.1) is 6.61 Å². The number of methoxy groups -OCH3 is 1. The zero-order chi connectivity index (χ0) is 14.1. The monoisotopic (exact) mass is 266 g/mol. The summed E-state index contributed by atoms with van der Waals surface area (Å²) in [5, 5.41) is 14.5. The van der Waals surface area contributed by atoms with E-state index in [1.54, 1.807) is 7.11 Å². The van der Waals surface area contributed by atoms with Crippen LogP contribution in [0.15, 0.2) is 24.3 Å². The van der Waals surface area contributed by atoms with Gasteiger partial charge in [0.25, 0.3) is 0 Å². The Morgan fingerprint density at radius 2 is 2.16 bits per heavy atom. The summed E-state index contributed by atoms with van der Waals surface area (Å²) in [7, 11) is 1.62. The molecule has 0 bridgehead atoms. The number of benzene rings is 1. The number of hydrogen-bond donors (Lipinski definition) is 3. The predicted octanol–water partition coefficient (Wildman–Crippen LogP) is 2.12. The molecule has 0 aliphatic carbocycles. The van der Waals surface area contributed by atoms with Gasteiger partial charge < -0.3 is 20.5 Å². The lowest BCUT2D eigenvalue weighted by Crippen LogP contribution is -2.38. The van der Waals surface area contributed by atoms with E-state index in [1.807, 2.05) is 31.2 Å². The standard InChI is InChI=1S/C14H22N2O3/c1-3-12(8-9-17)15-14(18)16-13-7-5-4-6-11(13)10-19-2/h4-7,12,17H,3,8-10H2,1-2H3,(H2,15,16,18). The number of carbonyl (C=O) groups is 1. The number of rotatable bonds is 7. The Bertz CT molecular complexity index is 396. The van der Waals surface area contributed by atoms with E-state index in [4.69, 9.17) is 9.84 Å². The van der Waals surface area contributed by atoms with E-state index in [-0.39, 0.29) is 18.7 Å². The van der Waals surface area contributed by atoms with Crippen LogP contribution in [0, 0.1) is 0 Å². The third-order valence-corrected chi connectivity index (χ3v) is 2.87. The zero-order valence-electron chi connectivity index (χ0n) is 11.5. The second-order valence-electron chi connectivity index (χ2n) is 4.31. The van der Waals surface area contributed by atoms with Crippen molar-refractivity contribution < 1.29 is 14.6 Å². The molecule has 1 atom stereocenters. The molecule has 0 fully saturated rings. The van der Waals surface area contributed by atoms with E-state index in [1.165, 1.54) is 0 Å². The van der Waals surface area contributed by atoms with Crippen molar-refractivity contribution in [1.82, 2.24) is 5.32 Å². The van der Waals surface area contributed by atoms with Crippen LogP contribution in [0.4, 0.5) is 10.5 Å². The van der Waals surface area contributed by atoms with Gasteiger partial charge in [-0.25, -0.2) is 4.79 Å². The molecule has 0 saturated heterocycles. The fourth-order valence-electron chi connectivity index (χ4n) is 1.80. The van der Waals surface area contributed by atoms with E-state index >= 15 is 0 Å². The molecule has 1 rings (SSSR count). The molecule has 0 aliphatic rings. The molecule has 5 heteroatoms. The lowest BCUT2D eigenvalue weighted by atomic mass is 10.1. The molecule has 0 aliphatic heterocycles. The maximum Gasteiger partial charge on any atom is 0.319 e. The van der Waals surface area contributed by atoms with Gasteiger partial charge >= 0.3 is 6.03 Å². The molecule has 1 unspecified atom stereocenters. The fourth-order valence-corrected chi connectivity index (χ4v) is 1.80. The van der Waals surface area contributed by atoms with Crippen LogP contribution in [0.1, 0.15) is 25.3 Å². The number of urea groups is 1. The number of carbonyl (C=O) groups excluding carboxylic acids is 1. The highest BCUT2D eigenvalue weighted by Crippen LogP contribution is 2.15. The summed E-state index contributed by atoms with van der Waals surface area (Å²) in [5.41, 5.74) is 1.66. The number of amides is 2. The van der Waals surface area contributed by atoms with E-state index in [0.29, 0.717) is 13.0 Å². The van der Waals surface area contributed by atoms with E-state index in [9.17, 15) is 4.79 Å². The quantitative estimate of drug-likeness (QED) is 0.708. The Labute approximate surface area is 114 Å². The molecule has 0 heterocycles. The maximum atomic E-state index is 11.9. The normalized spacial score (nSPS) is 11.9. The topological polar surface area (TPSA) is 70.6 Å². The van der Waals surface area contributed by atoms with Gasteiger partial charge in [0.1, 0.15) is 0 Å². The molecule has 3 N–H and O–H groups in total. The van der Waals surface area contributed by atoms with Gasteiger partial charge in [-0.15, -0.1) is 0 Å². The van der Waals surface area contributed by atoms with Crippen LogP contribution in [-0.2, 0) is 11.3 Å². The van der Waals surface area contributed by atoms with E-state index < -0.39 is 0 Å². The predicted molar refractivity (Wildman–Crippen MR) is 75.1 cm³/mol. The molecule has 19 heavy (non-hydrogen) atoms. The van der Waals surface area contributed by atoms with Crippen molar-refractivity contribution in [1.29, 1.82) is 0 Å². The van der Waals surface area contributed by atoms with Crippen LogP contribution in [0.25, 0.3) is 0 Å². The Hall–Kier alpha value is -1.59. The first-order valence-corrected chi connectivity index (χ1v) is 6.46. The van der Waals surface area contributed by atoms with Crippen LogP contribution in [0.5, 0.6) is 0 Å². The molecule has 0 saturated carbocycles. The number of aliphatic hydroxyl groups excluding tert-OH is 1. The second-order valence-corrected chi connectivity index (χ2v) is 4.31. The number of nitrogens with one attached hydrogen (secondary N) is 2. The molecule has 5 nitrogen and oxygen atoms in total. The average Bonchev–Trinajstić information content (AvgIpc) is 2.40. The van der Waals surface area contributed by atoms with Crippen LogP contribution in [0.2, 0.25) is 0 Å². The first-order valence-electron chi connectivity index (χ1n) is 6.46. The van der Waals surface area contributed by atoms with Crippen molar-refractivity contribution in [3.8, 4) is 0 Å². The largest absolute Gasteiger partial charge is 0.396 e. The van der Waals surface area contributed by atoms with Gasteiger partial charge in [0, 0.05) is 31.0 Å². The first kappa shape index (κ1) is 15.5. The van der Waals surface area contributed by atoms with Crippen molar-refractivity contribution in [2.45, 2.75) is 32.4 Å². The highest BCUT2D eigenvalue weighted by molar-refractivity contribution is 5.90. The summed E-state index contributed by atoms with van der Waals surface area (Å²) < 4.78 is 5.09. The van der Waals surface area contributed by atoms with Gasteiger partial charge in [0.2, 0.25) is 0 Å². The van der Waals surface area contributed by atoms with Crippen molar-refractivity contribution in [3.63, 3.8) is 0 Å². The number of ether oxygens (including phenoxy) is 1. The summed E-state index contributed by atoms with van der Waals surface area (Å²) in [6.45, 7) is 2.49. The van der Waals surface area contributed by atoms with Gasteiger partial charge in [0.15, 0.2) is 0 Å². The van der Waals surface area contributed by atoms with Gasteiger partial charge in [-0.1, -0.05) is 25.1 Å². The van der Waals surface area contributed by atoms with Crippen LogP contribution >= 0.6 is 0 Å². The minimum absolute atomic E-state index is 0.0143. The molecule has 0 aromatic heterocycles. The van der Waals surface area contributed by atoms with E-state index in [2.05, 4.69) is 10.6 Å². The summed E-state index contributed by atoms with van der Waals surface area (Å²) >= 11 is 0. The minimum Gasteiger partial charge on any atom is -0.396 e. The summed E-state index contributed by atoms with van der Waals surface area (Å²) in [6, 6.07) is 7.23. The number of para-hydroxylation sites is 1. The highest BCUT2D eigenvalue weighted by atomic mass is 16.5. The van der Waals surface area contributed by atoms with Crippen molar-refractivity contribution in [2.75, 3.05) is 19.0 Å². The number of anilines is 1. The molecule has 0 radical (unpaired) electrons. The third-order valence-electron chi connectivity index (χ3n) is 2.87. The molecular formula is C14H22N2O3. The Kier molecular flexibility index (Phi) is 6.92. The minimum atomic E-state index is -0.260. The summed E-state index contributed by atoms with van der Waals surface area (Å²) in [6.07, 6.45) is 1.34. The molecule has 1 aromatic carbocycles. The Morgan fingerprint density at radius 1 is 1.42 bits per heavy atom. The molecule has 0 spiro atoms. The van der Waals surface area contributed by atoms with Crippen LogP contribution in [-0.4, -0.2) is 30.9 Å².